The molecule has 0 spiro atoms. The van der Waals surface area contributed by atoms with Gasteiger partial charge in [-0.1, -0.05) is 96.6 Å². The van der Waals surface area contributed by atoms with Crippen LogP contribution in [0.4, 0.5) is 5.69 Å². The van der Waals surface area contributed by atoms with Crippen molar-refractivity contribution in [1.82, 2.24) is 10.2 Å². The molecule has 6 rings (SSSR count). The average Bonchev–Trinajstić information content (AvgIpc) is 3.09. The van der Waals surface area contributed by atoms with E-state index in [2.05, 4.69) is 39.4 Å². The van der Waals surface area contributed by atoms with Gasteiger partial charge in [-0.3, -0.25) is 9.69 Å². The minimum Gasteiger partial charge on any atom is -0.480 e. The van der Waals surface area contributed by atoms with Crippen LogP contribution in [-0.2, 0) is 11.2 Å². The number of benzene rings is 4. The van der Waals surface area contributed by atoms with Crippen molar-refractivity contribution in [2.24, 2.45) is 0 Å². The van der Waals surface area contributed by atoms with Crippen molar-refractivity contribution in [2.75, 3.05) is 31.1 Å². The summed E-state index contributed by atoms with van der Waals surface area (Å²) >= 11 is 6.33. The number of hydrogen-bond donors (Lipinski definition) is 2. The fourth-order valence-electron chi connectivity index (χ4n) is 6.00. The highest BCUT2D eigenvalue weighted by atomic mass is 35.5. The number of hydrogen-bond acceptors (Lipinski definition) is 5. The van der Waals surface area contributed by atoms with Crippen LogP contribution in [-0.4, -0.2) is 60.1 Å². The molecule has 4 aromatic rings. The number of amides is 1. The number of carbonyl (C=O) groups is 2. The fraction of sp³-hybridized carbons (Fsp3) is 0.211. The molecule has 1 unspecified atom stereocenters. The van der Waals surface area contributed by atoms with Gasteiger partial charge >= 0.3 is 5.97 Å². The van der Waals surface area contributed by atoms with Crippen molar-refractivity contribution >= 4 is 29.2 Å². The number of carboxylic acid groups (broad SMARTS) is 1. The van der Waals surface area contributed by atoms with Crippen molar-refractivity contribution in [3.63, 3.8) is 0 Å². The number of para-hydroxylation sites is 2. The molecule has 1 aliphatic carbocycles. The molecule has 46 heavy (non-hydrogen) atoms. The van der Waals surface area contributed by atoms with Crippen molar-refractivity contribution < 1.29 is 19.4 Å². The van der Waals surface area contributed by atoms with Gasteiger partial charge in [0.05, 0.1) is 5.56 Å². The molecule has 2 atom stereocenters. The molecular formula is C38H36ClN3O4. The van der Waals surface area contributed by atoms with E-state index in [1.807, 2.05) is 84.9 Å². The molecule has 2 N–H and O–H groups in total. The third-order valence-corrected chi connectivity index (χ3v) is 8.69. The molecular weight excluding hydrogens is 598 g/mol. The quantitative estimate of drug-likeness (QED) is 0.192. The first kappa shape index (κ1) is 31.1. The smallest absolute Gasteiger partial charge is 0.326 e. The van der Waals surface area contributed by atoms with Crippen LogP contribution in [0.25, 0.3) is 11.1 Å². The number of carbonyl (C=O) groups excluding carboxylic acids is 1. The van der Waals surface area contributed by atoms with E-state index in [0.717, 1.165) is 66.5 Å². The Balaban J connectivity index is 1.13. The molecule has 0 bridgehead atoms. The maximum atomic E-state index is 13.6. The Bertz CT molecular complexity index is 1730. The summed E-state index contributed by atoms with van der Waals surface area (Å²) < 4.78 is 6.13. The van der Waals surface area contributed by atoms with Crippen LogP contribution in [0.3, 0.4) is 0 Å². The molecule has 0 saturated carbocycles. The van der Waals surface area contributed by atoms with Crippen LogP contribution in [0.1, 0.15) is 22.3 Å². The summed E-state index contributed by atoms with van der Waals surface area (Å²) in [6.45, 7) is 3.24. The monoisotopic (exact) mass is 633 g/mol. The number of allylic oxidation sites excluding steroid dienone is 2. The van der Waals surface area contributed by atoms with Crippen LogP contribution in [0.2, 0.25) is 5.02 Å². The number of anilines is 1. The molecule has 1 amide bonds. The molecule has 0 radical (unpaired) electrons. The number of aliphatic carboxylic acids is 1. The highest BCUT2D eigenvalue weighted by Gasteiger charge is 2.27. The zero-order chi connectivity index (χ0) is 31.9. The van der Waals surface area contributed by atoms with Gasteiger partial charge in [0.25, 0.3) is 5.91 Å². The Hall–Kier alpha value is -4.85. The number of halogens is 1. The Labute approximate surface area is 274 Å². The van der Waals surface area contributed by atoms with Gasteiger partial charge in [-0.05, 0) is 53.9 Å². The van der Waals surface area contributed by atoms with E-state index in [1.165, 1.54) is 0 Å². The third kappa shape index (κ3) is 7.50. The number of rotatable bonds is 10. The highest BCUT2D eigenvalue weighted by molar-refractivity contribution is 6.31. The largest absolute Gasteiger partial charge is 0.480 e. The highest BCUT2D eigenvalue weighted by Crippen LogP contribution is 2.33. The molecule has 1 aliphatic heterocycles. The second-order valence-electron chi connectivity index (χ2n) is 11.5. The van der Waals surface area contributed by atoms with E-state index in [4.69, 9.17) is 16.3 Å². The Kier molecular flexibility index (Phi) is 9.82. The maximum absolute atomic E-state index is 13.6. The van der Waals surface area contributed by atoms with Crippen molar-refractivity contribution in [3.05, 3.63) is 138 Å². The lowest BCUT2D eigenvalue weighted by molar-refractivity contribution is -0.139. The van der Waals surface area contributed by atoms with Crippen LogP contribution in [0.15, 0.2) is 121 Å². The zero-order valence-electron chi connectivity index (χ0n) is 25.4. The topological polar surface area (TPSA) is 82.1 Å². The molecule has 1 heterocycles. The summed E-state index contributed by atoms with van der Waals surface area (Å²) in [4.78, 5) is 30.6. The van der Waals surface area contributed by atoms with Crippen molar-refractivity contribution in [2.45, 2.75) is 24.9 Å². The van der Waals surface area contributed by atoms with Gasteiger partial charge in [0.1, 0.15) is 17.5 Å². The van der Waals surface area contributed by atoms with E-state index in [0.29, 0.717) is 16.6 Å². The summed E-state index contributed by atoms with van der Waals surface area (Å²) in [5.74, 6) is -0.104. The van der Waals surface area contributed by atoms with Crippen LogP contribution >= 0.6 is 11.6 Å². The van der Waals surface area contributed by atoms with Crippen molar-refractivity contribution in [1.29, 1.82) is 0 Å². The first-order chi connectivity index (χ1) is 22.4. The van der Waals surface area contributed by atoms with Gasteiger partial charge in [0.2, 0.25) is 0 Å². The predicted octanol–water partition coefficient (Wildman–Crippen LogP) is 7.23. The first-order valence-corrected chi connectivity index (χ1v) is 15.9. The molecule has 1 saturated heterocycles. The Morgan fingerprint density at radius 2 is 1.63 bits per heavy atom. The summed E-state index contributed by atoms with van der Waals surface area (Å²) in [5.41, 5.74) is 3.77. The van der Waals surface area contributed by atoms with E-state index in [-0.39, 0.29) is 6.42 Å². The van der Waals surface area contributed by atoms with Gasteiger partial charge in [-0.15, -0.1) is 0 Å². The summed E-state index contributed by atoms with van der Waals surface area (Å²) in [5, 5.41) is 13.3. The van der Waals surface area contributed by atoms with Crippen LogP contribution in [0, 0.1) is 0 Å². The minimum absolute atomic E-state index is 0.126. The van der Waals surface area contributed by atoms with Crippen molar-refractivity contribution in [3.8, 4) is 22.6 Å². The third-order valence-electron chi connectivity index (χ3n) is 8.45. The van der Waals surface area contributed by atoms with Crippen LogP contribution < -0.4 is 15.0 Å². The fourth-order valence-corrected chi connectivity index (χ4v) is 6.17. The number of nitrogens with one attached hydrogen (secondary N) is 1. The molecule has 2 aliphatic rings. The molecule has 7 nitrogen and oxygen atoms in total. The van der Waals surface area contributed by atoms with Gasteiger partial charge in [-0.25, -0.2) is 4.79 Å². The van der Waals surface area contributed by atoms with Gasteiger partial charge in [-0.2, -0.15) is 0 Å². The standard InChI is InChI=1S/C38H36ClN3O4/c39-29-19-20-35(42-23-21-41(22-24-42)30-9-3-1-4-10-30)33(26-29)37(43)40-34(38(44)45)25-27-15-17-28(18-16-27)32-13-7-8-14-36(32)46-31-11-5-2-6-12-31/h1-9,11-20,26,30,34H,10,21-25H2,(H,40,43)(H,44,45)/t30?,34-/m0/s1. The molecule has 4 aromatic carbocycles. The minimum atomic E-state index is -1.12. The molecule has 0 aromatic heterocycles. The summed E-state index contributed by atoms with van der Waals surface area (Å²) in [7, 11) is 0. The number of carboxylic acids is 1. The molecule has 234 valence electrons. The van der Waals surface area contributed by atoms with E-state index in [1.54, 1.807) is 12.1 Å². The lowest BCUT2D eigenvalue weighted by Crippen LogP contribution is -2.50. The lowest BCUT2D eigenvalue weighted by atomic mass is 9.99. The lowest BCUT2D eigenvalue weighted by Gasteiger charge is -2.40. The van der Waals surface area contributed by atoms with Gasteiger partial charge < -0.3 is 20.1 Å². The zero-order valence-corrected chi connectivity index (χ0v) is 26.1. The first-order valence-electron chi connectivity index (χ1n) is 15.5. The Morgan fingerprint density at radius 3 is 2.35 bits per heavy atom. The number of ether oxygens (including phenoxy) is 1. The predicted molar refractivity (Wildman–Crippen MR) is 183 cm³/mol. The number of piperazine rings is 1. The Morgan fingerprint density at radius 1 is 0.891 bits per heavy atom. The number of nitrogens with zero attached hydrogens (tertiary/aromatic N) is 2. The van der Waals surface area contributed by atoms with Gasteiger partial charge in [0.15, 0.2) is 0 Å². The van der Waals surface area contributed by atoms with Gasteiger partial charge in [0, 0.05) is 54.9 Å². The summed E-state index contributed by atoms with van der Waals surface area (Å²) in [6.07, 6.45) is 9.72. The SMILES string of the molecule is O=C(N[C@@H](Cc1ccc(-c2ccccc2Oc2ccccc2)cc1)C(=O)O)c1cc(Cl)ccc1N1CCN(C2C=CC=CC2)CC1. The molecule has 1 fully saturated rings. The normalized spacial score (nSPS) is 17.0. The van der Waals surface area contributed by atoms with E-state index in [9.17, 15) is 14.7 Å². The maximum Gasteiger partial charge on any atom is 0.326 e. The molecule has 8 heteroatoms. The van der Waals surface area contributed by atoms with E-state index >= 15 is 0 Å². The summed E-state index contributed by atoms with van der Waals surface area (Å²) in [6, 6.07) is 29.5. The second-order valence-corrected chi connectivity index (χ2v) is 11.9. The average molecular weight is 634 g/mol. The van der Waals surface area contributed by atoms with Crippen LogP contribution in [0.5, 0.6) is 11.5 Å². The second kappa shape index (κ2) is 14.5. The van der Waals surface area contributed by atoms with E-state index < -0.39 is 17.9 Å².